The van der Waals surface area contributed by atoms with Crippen molar-refractivity contribution in [1.82, 2.24) is 15.1 Å². The van der Waals surface area contributed by atoms with E-state index >= 15 is 0 Å². The van der Waals surface area contributed by atoms with Crippen LogP contribution in [-0.4, -0.2) is 44.0 Å². The number of aliphatic carboxylic acids is 1. The summed E-state index contributed by atoms with van der Waals surface area (Å²) < 4.78 is 15.1. The minimum absolute atomic E-state index is 0.185. The third-order valence-electron chi connectivity index (χ3n) is 4.50. The van der Waals surface area contributed by atoms with Crippen molar-refractivity contribution in [2.45, 2.75) is 38.2 Å². The molecular weight excluding hydrogens is 341 g/mol. The Morgan fingerprint density at radius 1 is 1.35 bits per heavy atom. The predicted octanol–water partition coefficient (Wildman–Crippen LogP) is 1.46. The number of amides is 1. The molecule has 0 saturated heterocycles. The van der Waals surface area contributed by atoms with Crippen LogP contribution in [0, 0.1) is 5.82 Å². The van der Waals surface area contributed by atoms with Crippen LogP contribution >= 0.6 is 0 Å². The summed E-state index contributed by atoms with van der Waals surface area (Å²) in [6.07, 6.45) is 3.25. The smallest absolute Gasteiger partial charge is 0.337 e. The molecule has 138 valence electrons. The van der Waals surface area contributed by atoms with Crippen molar-refractivity contribution in [2.24, 2.45) is 0 Å². The van der Waals surface area contributed by atoms with E-state index in [-0.39, 0.29) is 5.69 Å². The van der Waals surface area contributed by atoms with Crippen molar-refractivity contribution in [3.05, 3.63) is 47.0 Å². The monoisotopic (exact) mass is 361 g/mol. The fourth-order valence-corrected chi connectivity index (χ4v) is 3.01. The fraction of sp³-hybridized carbons (Fsp3) is 0.389. The van der Waals surface area contributed by atoms with Crippen LogP contribution < -0.4 is 5.32 Å². The molecule has 1 aromatic heterocycles. The molecular formula is C18H20FN3O4. The molecule has 1 heterocycles. The average molecular weight is 361 g/mol. The molecule has 1 atom stereocenters. The van der Waals surface area contributed by atoms with Crippen LogP contribution in [0.3, 0.4) is 0 Å². The van der Waals surface area contributed by atoms with Crippen LogP contribution in [0.4, 0.5) is 4.39 Å². The fourth-order valence-electron chi connectivity index (χ4n) is 3.01. The number of carbonyl (C=O) groups excluding carboxylic acids is 1. The molecule has 1 aliphatic carbocycles. The van der Waals surface area contributed by atoms with E-state index in [1.807, 2.05) is 0 Å². The highest BCUT2D eigenvalue weighted by Crippen LogP contribution is 2.27. The summed E-state index contributed by atoms with van der Waals surface area (Å²) in [5.74, 6) is -2.38. The molecule has 0 fully saturated rings. The minimum Gasteiger partial charge on any atom is -0.479 e. The van der Waals surface area contributed by atoms with Crippen molar-refractivity contribution in [2.75, 3.05) is 6.54 Å². The van der Waals surface area contributed by atoms with Gasteiger partial charge in [-0.3, -0.25) is 4.79 Å². The summed E-state index contributed by atoms with van der Waals surface area (Å²) in [5, 5.41) is 25.5. The van der Waals surface area contributed by atoms with Gasteiger partial charge in [0.05, 0.1) is 12.2 Å². The SMILES string of the molecule is CC(O)(CNC(=O)c1nn(-c2cccc(F)c2)c2c1CCCC2)C(=O)O. The highest BCUT2D eigenvalue weighted by Gasteiger charge is 2.32. The molecule has 1 amide bonds. The zero-order chi connectivity index (χ0) is 18.9. The number of benzene rings is 1. The Hall–Kier alpha value is -2.74. The Labute approximate surface area is 149 Å². The minimum atomic E-state index is -2.07. The number of carbonyl (C=O) groups is 2. The molecule has 7 nitrogen and oxygen atoms in total. The summed E-state index contributed by atoms with van der Waals surface area (Å²) in [6, 6.07) is 5.97. The number of aromatic nitrogens is 2. The predicted molar refractivity (Wildman–Crippen MR) is 90.8 cm³/mol. The normalized spacial score (nSPS) is 15.8. The molecule has 0 radical (unpaired) electrons. The lowest BCUT2D eigenvalue weighted by Gasteiger charge is -2.18. The van der Waals surface area contributed by atoms with Crippen molar-refractivity contribution in [1.29, 1.82) is 0 Å². The van der Waals surface area contributed by atoms with Crippen molar-refractivity contribution in [3.63, 3.8) is 0 Å². The van der Waals surface area contributed by atoms with Crippen LogP contribution in [0.2, 0.25) is 0 Å². The zero-order valence-corrected chi connectivity index (χ0v) is 14.3. The quantitative estimate of drug-likeness (QED) is 0.748. The van der Waals surface area contributed by atoms with E-state index in [2.05, 4.69) is 10.4 Å². The Bertz CT molecular complexity index is 860. The number of aliphatic hydroxyl groups is 1. The number of hydrogen-bond acceptors (Lipinski definition) is 4. The van der Waals surface area contributed by atoms with Crippen LogP contribution in [0.5, 0.6) is 0 Å². The number of rotatable bonds is 5. The Morgan fingerprint density at radius 2 is 2.08 bits per heavy atom. The van der Waals surface area contributed by atoms with Crippen molar-refractivity contribution in [3.8, 4) is 5.69 Å². The maximum absolute atomic E-state index is 13.6. The van der Waals surface area contributed by atoms with Gasteiger partial charge >= 0.3 is 5.97 Å². The molecule has 0 spiro atoms. The number of hydrogen-bond donors (Lipinski definition) is 3. The lowest BCUT2D eigenvalue weighted by molar-refractivity contribution is -0.155. The van der Waals surface area contributed by atoms with Crippen LogP contribution in [-0.2, 0) is 17.6 Å². The highest BCUT2D eigenvalue weighted by molar-refractivity contribution is 5.94. The molecule has 0 aliphatic heterocycles. The van der Waals surface area contributed by atoms with E-state index in [9.17, 15) is 19.1 Å². The topological polar surface area (TPSA) is 104 Å². The number of nitrogens with one attached hydrogen (secondary N) is 1. The molecule has 26 heavy (non-hydrogen) atoms. The van der Waals surface area contributed by atoms with E-state index < -0.39 is 29.8 Å². The van der Waals surface area contributed by atoms with Gasteiger partial charge in [-0.2, -0.15) is 5.10 Å². The molecule has 0 bridgehead atoms. The lowest BCUT2D eigenvalue weighted by Crippen LogP contribution is -2.46. The molecule has 2 aromatic rings. The third kappa shape index (κ3) is 3.45. The maximum Gasteiger partial charge on any atom is 0.337 e. The number of fused-ring (bicyclic) bond motifs is 1. The molecule has 0 saturated carbocycles. The second-order valence-corrected chi connectivity index (χ2v) is 6.63. The second kappa shape index (κ2) is 6.87. The number of nitrogens with zero attached hydrogens (tertiary/aromatic N) is 2. The molecule has 1 unspecified atom stereocenters. The van der Waals surface area contributed by atoms with Gasteiger partial charge < -0.3 is 15.5 Å². The van der Waals surface area contributed by atoms with E-state index in [1.54, 1.807) is 16.8 Å². The molecule has 8 heteroatoms. The first kappa shape index (κ1) is 18.1. The van der Waals surface area contributed by atoms with Gasteiger partial charge in [0.25, 0.3) is 5.91 Å². The van der Waals surface area contributed by atoms with E-state index in [4.69, 9.17) is 5.11 Å². The number of carboxylic acid groups (broad SMARTS) is 1. The molecule has 3 N–H and O–H groups in total. The third-order valence-corrected chi connectivity index (χ3v) is 4.50. The summed E-state index contributed by atoms with van der Waals surface area (Å²) >= 11 is 0. The maximum atomic E-state index is 13.6. The van der Waals surface area contributed by atoms with Crippen LogP contribution in [0.1, 0.15) is 41.5 Å². The van der Waals surface area contributed by atoms with Gasteiger partial charge in [0.1, 0.15) is 5.82 Å². The van der Waals surface area contributed by atoms with Crippen LogP contribution in [0.15, 0.2) is 24.3 Å². The highest BCUT2D eigenvalue weighted by atomic mass is 19.1. The van der Waals surface area contributed by atoms with Crippen molar-refractivity contribution < 1.29 is 24.2 Å². The molecule has 1 aliphatic rings. The standard InChI is InChI=1S/C18H20FN3O4/c1-18(26,17(24)25)10-20-16(23)15-13-7-2-3-8-14(13)22(21-15)12-6-4-5-11(19)9-12/h4-6,9,26H,2-3,7-8,10H2,1H3,(H,20,23)(H,24,25). The largest absolute Gasteiger partial charge is 0.479 e. The Morgan fingerprint density at radius 3 is 2.77 bits per heavy atom. The van der Waals surface area contributed by atoms with Crippen molar-refractivity contribution >= 4 is 11.9 Å². The lowest BCUT2D eigenvalue weighted by atomic mass is 9.95. The first-order valence-electron chi connectivity index (χ1n) is 8.40. The zero-order valence-electron chi connectivity index (χ0n) is 14.3. The number of carboxylic acids is 1. The average Bonchev–Trinajstić information content (AvgIpc) is 2.99. The first-order valence-corrected chi connectivity index (χ1v) is 8.40. The van der Waals surface area contributed by atoms with Gasteiger partial charge in [-0.1, -0.05) is 6.07 Å². The second-order valence-electron chi connectivity index (χ2n) is 6.63. The van der Waals surface area contributed by atoms with Gasteiger partial charge in [0, 0.05) is 11.3 Å². The van der Waals surface area contributed by atoms with Gasteiger partial charge in [-0.25, -0.2) is 13.9 Å². The van der Waals surface area contributed by atoms with E-state index in [0.29, 0.717) is 12.1 Å². The van der Waals surface area contributed by atoms with Gasteiger partial charge in [-0.15, -0.1) is 0 Å². The van der Waals surface area contributed by atoms with E-state index in [0.717, 1.165) is 37.4 Å². The first-order chi connectivity index (χ1) is 12.3. The van der Waals surface area contributed by atoms with Gasteiger partial charge in [0.2, 0.25) is 0 Å². The Kier molecular flexibility index (Phi) is 4.78. The molecule has 3 rings (SSSR count). The summed E-state index contributed by atoms with van der Waals surface area (Å²) in [7, 11) is 0. The molecule has 1 aromatic carbocycles. The Balaban J connectivity index is 1.93. The summed E-state index contributed by atoms with van der Waals surface area (Å²) in [5.41, 5.74) is 0.288. The number of halogens is 1. The van der Waals surface area contributed by atoms with Crippen LogP contribution in [0.25, 0.3) is 5.69 Å². The summed E-state index contributed by atoms with van der Waals surface area (Å²) in [4.78, 5) is 23.5. The summed E-state index contributed by atoms with van der Waals surface area (Å²) in [6.45, 7) is 0.666. The van der Waals surface area contributed by atoms with E-state index in [1.165, 1.54) is 12.1 Å². The van der Waals surface area contributed by atoms with Gasteiger partial charge in [0.15, 0.2) is 11.3 Å². The van der Waals surface area contributed by atoms with Gasteiger partial charge in [-0.05, 0) is 50.8 Å².